The van der Waals surface area contributed by atoms with E-state index in [4.69, 9.17) is 0 Å². The quantitative estimate of drug-likeness (QED) is 0.889. The number of aromatic nitrogens is 3. The predicted octanol–water partition coefficient (Wildman–Crippen LogP) is 1.23. The highest BCUT2D eigenvalue weighted by Gasteiger charge is 2.20. The van der Waals surface area contributed by atoms with E-state index in [-0.39, 0.29) is 5.75 Å². The van der Waals surface area contributed by atoms with E-state index >= 15 is 0 Å². The first-order valence-electron chi connectivity index (χ1n) is 7.23. The minimum atomic E-state index is 0.219. The fraction of sp³-hybridized carbons (Fsp3) is 0.467. The first-order chi connectivity index (χ1) is 10.1. The Labute approximate surface area is 124 Å². The van der Waals surface area contributed by atoms with Crippen molar-refractivity contribution in [2.75, 3.05) is 33.2 Å². The number of piperazine rings is 1. The van der Waals surface area contributed by atoms with E-state index in [1.165, 1.54) is 0 Å². The van der Waals surface area contributed by atoms with Crippen molar-refractivity contribution in [3.05, 3.63) is 29.8 Å². The Hall–Kier alpha value is -1.92. The minimum absolute atomic E-state index is 0.219. The first-order valence-corrected chi connectivity index (χ1v) is 7.23. The fourth-order valence-electron chi connectivity index (χ4n) is 2.67. The van der Waals surface area contributed by atoms with Crippen LogP contribution in [0.1, 0.15) is 11.3 Å². The number of nitrogens with one attached hydrogen (secondary N) is 1. The Kier molecular flexibility index (Phi) is 3.90. The normalized spacial score (nSPS) is 17.2. The fourth-order valence-corrected chi connectivity index (χ4v) is 2.67. The lowest BCUT2D eigenvalue weighted by Gasteiger charge is -2.32. The lowest BCUT2D eigenvalue weighted by Crippen LogP contribution is -2.43. The molecule has 1 saturated heterocycles. The number of rotatable bonds is 3. The van der Waals surface area contributed by atoms with Crippen LogP contribution in [0.3, 0.4) is 0 Å². The number of hydrogen-bond acceptors (Lipinski definition) is 5. The monoisotopic (exact) mass is 287 g/mol. The van der Waals surface area contributed by atoms with E-state index in [2.05, 4.69) is 31.8 Å². The largest absolute Gasteiger partial charge is 0.505 e. The van der Waals surface area contributed by atoms with Gasteiger partial charge < -0.3 is 15.0 Å². The zero-order chi connectivity index (χ0) is 14.8. The minimum Gasteiger partial charge on any atom is -0.505 e. The molecule has 0 aromatic carbocycles. The molecule has 1 aliphatic heterocycles. The van der Waals surface area contributed by atoms with Crippen LogP contribution in [-0.2, 0) is 6.54 Å². The maximum atomic E-state index is 10.4. The highest BCUT2D eigenvalue weighted by molar-refractivity contribution is 5.68. The highest BCUT2D eigenvalue weighted by Crippen LogP contribution is 2.32. The number of likely N-dealkylation sites (N-methyl/N-ethyl adjacent to an activating group) is 1. The van der Waals surface area contributed by atoms with Crippen LogP contribution in [0, 0.1) is 6.92 Å². The summed E-state index contributed by atoms with van der Waals surface area (Å²) in [4.78, 5) is 16.4. The summed E-state index contributed by atoms with van der Waals surface area (Å²) in [6.45, 7) is 6.79. The second-order valence-corrected chi connectivity index (χ2v) is 5.61. The van der Waals surface area contributed by atoms with Gasteiger partial charge in [-0.15, -0.1) is 0 Å². The lowest BCUT2D eigenvalue weighted by atomic mass is 10.1. The molecule has 3 heterocycles. The Morgan fingerprint density at radius 3 is 2.67 bits per heavy atom. The van der Waals surface area contributed by atoms with Gasteiger partial charge in [-0.25, -0.2) is 4.98 Å². The molecule has 1 fully saturated rings. The zero-order valence-corrected chi connectivity index (χ0v) is 12.5. The van der Waals surface area contributed by atoms with E-state index < -0.39 is 0 Å². The van der Waals surface area contributed by atoms with Gasteiger partial charge in [-0.3, -0.25) is 9.88 Å². The Morgan fingerprint density at radius 1 is 1.24 bits per heavy atom. The van der Waals surface area contributed by atoms with Crippen LogP contribution in [0.25, 0.3) is 11.4 Å². The molecule has 2 N–H and O–H groups in total. The molecule has 0 unspecified atom stereocenters. The van der Waals surface area contributed by atoms with E-state index in [9.17, 15) is 5.11 Å². The van der Waals surface area contributed by atoms with Crippen molar-refractivity contribution < 1.29 is 5.11 Å². The van der Waals surface area contributed by atoms with Crippen molar-refractivity contribution in [2.24, 2.45) is 0 Å². The molecule has 0 bridgehead atoms. The summed E-state index contributed by atoms with van der Waals surface area (Å²) < 4.78 is 0. The summed E-state index contributed by atoms with van der Waals surface area (Å²) >= 11 is 0. The predicted molar refractivity (Wildman–Crippen MR) is 81.0 cm³/mol. The van der Waals surface area contributed by atoms with Gasteiger partial charge >= 0.3 is 0 Å². The summed E-state index contributed by atoms with van der Waals surface area (Å²) in [5.41, 5.74) is 2.41. The van der Waals surface area contributed by atoms with Gasteiger partial charge in [-0.1, -0.05) is 0 Å². The van der Waals surface area contributed by atoms with Gasteiger partial charge in [0.25, 0.3) is 0 Å². The van der Waals surface area contributed by atoms with E-state index in [1.54, 1.807) is 19.3 Å². The number of imidazole rings is 1. The highest BCUT2D eigenvalue weighted by atomic mass is 16.3. The van der Waals surface area contributed by atoms with Crippen molar-refractivity contribution in [1.82, 2.24) is 24.8 Å². The van der Waals surface area contributed by atoms with Crippen LogP contribution in [0.5, 0.6) is 5.75 Å². The maximum absolute atomic E-state index is 10.4. The first kappa shape index (κ1) is 14.0. The third-order valence-electron chi connectivity index (χ3n) is 4.04. The molecular weight excluding hydrogens is 266 g/mol. The molecule has 0 saturated carbocycles. The van der Waals surface area contributed by atoms with Crippen LogP contribution < -0.4 is 0 Å². The van der Waals surface area contributed by atoms with Gasteiger partial charge in [0.05, 0.1) is 11.3 Å². The van der Waals surface area contributed by atoms with Crippen LogP contribution in [0.2, 0.25) is 0 Å². The summed E-state index contributed by atoms with van der Waals surface area (Å²) in [6.07, 6.45) is 5.32. The molecule has 0 spiro atoms. The molecule has 1 aliphatic rings. The number of nitrogens with zero attached hydrogens (tertiary/aromatic N) is 4. The van der Waals surface area contributed by atoms with E-state index in [0.29, 0.717) is 11.5 Å². The molecule has 0 radical (unpaired) electrons. The number of aromatic amines is 1. The topological polar surface area (TPSA) is 68.3 Å². The van der Waals surface area contributed by atoms with Gasteiger partial charge in [0.1, 0.15) is 11.6 Å². The number of aryl methyl sites for hydroxylation is 1. The molecule has 6 nitrogen and oxygen atoms in total. The standard InChI is InChI=1S/C15H21N5O/c1-11-14(21)13(15-16-3-4-17-15)12(9-18-11)10-20-7-5-19(2)6-8-20/h3-4,9,21H,5-8,10H2,1-2H3,(H,16,17). The molecule has 21 heavy (non-hydrogen) atoms. The van der Waals surface area contributed by atoms with Crippen molar-refractivity contribution in [2.45, 2.75) is 13.5 Å². The van der Waals surface area contributed by atoms with Crippen LogP contribution >= 0.6 is 0 Å². The van der Waals surface area contributed by atoms with Crippen LogP contribution in [-0.4, -0.2) is 63.1 Å². The molecule has 0 amide bonds. The molecule has 6 heteroatoms. The molecule has 3 rings (SSSR count). The van der Waals surface area contributed by atoms with Gasteiger partial charge in [0.2, 0.25) is 0 Å². The summed E-state index contributed by atoms with van der Waals surface area (Å²) in [5, 5.41) is 10.4. The smallest absolute Gasteiger partial charge is 0.148 e. The Bertz CT molecular complexity index is 603. The molecule has 0 atom stereocenters. The number of pyridine rings is 1. The SMILES string of the molecule is Cc1ncc(CN2CCN(C)CC2)c(-c2ncc[nH]2)c1O. The lowest BCUT2D eigenvalue weighted by molar-refractivity contribution is 0.148. The Morgan fingerprint density at radius 2 is 2.00 bits per heavy atom. The molecule has 2 aromatic rings. The molecular formula is C15H21N5O. The zero-order valence-electron chi connectivity index (χ0n) is 12.5. The maximum Gasteiger partial charge on any atom is 0.148 e. The second-order valence-electron chi connectivity index (χ2n) is 5.61. The van der Waals surface area contributed by atoms with E-state index in [1.807, 2.05) is 6.20 Å². The number of aromatic hydroxyl groups is 1. The summed E-state index contributed by atoms with van der Waals surface area (Å²) in [6, 6.07) is 0. The summed E-state index contributed by atoms with van der Waals surface area (Å²) in [7, 11) is 2.14. The van der Waals surface area contributed by atoms with E-state index in [0.717, 1.165) is 43.9 Å². The van der Waals surface area contributed by atoms with Crippen molar-refractivity contribution >= 4 is 0 Å². The van der Waals surface area contributed by atoms with Crippen molar-refractivity contribution in [1.29, 1.82) is 0 Å². The second kappa shape index (κ2) is 5.83. The number of H-pyrrole nitrogens is 1. The molecule has 2 aromatic heterocycles. The molecule has 0 aliphatic carbocycles. The van der Waals surface area contributed by atoms with Crippen molar-refractivity contribution in [3.63, 3.8) is 0 Å². The van der Waals surface area contributed by atoms with Crippen molar-refractivity contribution in [3.8, 4) is 17.1 Å². The van der Waals surface area contributed by atoms with Gasteiger partial charge in [0.15, 0.2) is 0 Å². The average molecular weight is 287 g/mol. The Balaban J connectivity index is 1.90. The van der Waals surface area contributed by atoms with Gasteiger partial charge in [-0.2, -0.15) is 0 Å². The van der Waals surface area contributed by atoms with Crippen LogP contribution in [0.15, 0.2) is 18.6 Å². The molecule has 112 valence electrons. The van der Waals surface area contributed by atoms with Crippen LogP contribution in [0.4, 0.5) is 0 Å². The average Bonchev–Trinajstić information content (AvgIpc) is 2.99. The third-order valence-corrected chi connectivity index (χ3v) is 4.04. The third kappa shape index (κ3) is 2.91. The van der Waals surface area contributed by atoms with Gasteiger partial charge in [0, 0.05) is 51.3 Å². The number of hydrogen-bond donors (Lipinski definition) is 2. The summed E-state index contributed by atoms with van der Waals surface area (Å²) in [5.74, 6) is 0.915. The van der Waals surface area contributed by atoms with Gasteiger partial charge in [-0.05, 0) is 19.5 Å².